The highest BCUT2D eigenvalue weighted by Crippen LogP contribution is 2.27. The minimum Gasteiger partial charge on any atom is -0.455 e. The second kappa shape index (κ2) is 4.97. The third-order valence-electron chi connectivity index (χ3n) is 2.62. The molecule has 0 bridgehead atoms. The van der Waals surface area contributed by atoms with Crippen LogP contribution in [0.4, 0.5) is 0 Å². The molecule has 0 radical (unpaired) electrons. The lowest BCUT2D eigenvalue weighted by atomic mass is 10.1. The number of hydrogen-bond acceptors (Lipinski definition) is 3. The number of aromatic nitrogens is 1. The van der Waals surface area contributed by atoms with Crippen LogP contribution in [-0.2, 0) is 6.54 Å². The molecular formula is C14H16N2O. The van der Waals surface area contributed by atoms with Gasteiger partial charge in [-0.1, -0.05) is 12.1 Å². The zero-order valence-electron chi connectivity index (χ0n) is 10.1. The molecule has 0 saturated carbocycles. The first-order chi connectivity index (χ1) is 8.20. The molecule has 0 amide bonds. The first kappa shape index (κ1) is 11.6. The number of pyridine rings is 1. The summed E-state index contributed by atoms with van der Waals surface area (Å²) in [6.07, 6.45) is 1.75. The van der Waals surface area contributed by atoms with Crippen molar-refractivity contribution in [2.24, 2.45) is 5.73 Å². The summed E-state index contributed by atoms with van der Waals surface area (Å²) in [7, 11) is 0. The van der Waals surface area contributed by atoms with Gasteiger partial charge in [-0.15, -0.1) is 0 Å². The monoisotopic (exact) mass is 228 g/mol. The highest BCUT2D eigenvalue weighted by molar-refractivity contribution is 5.41. The van der Waals surface area contributed by atoms with E-state index in [9.17, 15) is 0 Å². The van der Waals surface area contributed by atoms with E-state index in [2.05, 4.69) is 4.98 Å². The van der Waals surface area contributed by atoms with Gasteiger partial charge < -0.3 is 10.5 Å². The largest absolute Gasteiger partial charge is 0.455 e. The SMILES string of the molecule is Cc1ccc(CN)c(Oc2cccnc2C)c1. The lowest BCUT2D eigenvalue weighted by molar-refractivity contribution is 0.469. The van der Waals surface area contributed by atoms with Gasteiger partial charge in [0.25, 0.3) is 0 Å². The van der Waals surface area contributed by atoms with E-state index >= 15 is 0 Å². The fourth-order valence-electron chi connectivity index (χ4n) is 1.62. The molecule has 0 aliphatic rings. The Morgan fingerprint density at radius 3 is 2.71 bits per heavy atom. The number of nitrogens with two attached hydrogens (primary N) is 1. The van der Waals surface area contributed by atoms with E-state index in [-0.39, 0.29) is 0 Å². The third-order valence-corrected chi connectivity index (χ3v) is 2.62. The average molecular weight is 228 g/mol. The van der Waals surface area contributed by atoms with Gasteiger partial charge in [-0.05, 0) is 37.6 Å². The van der Waals surface area contributed by atoms with Crippen molar-refractivity contribution in [2.75, 3.05) is 0 Å². The van der Waals surface area contributed by atoms with E-state index in [1.54, 1.807) is 6.20 Å². The minimum absolute atomic E-state index is 0.467. The summed E-state index contributed by atoms with van der Waals surface area (Å²) in [6, 6.07) is 9.79. The van der Waals surface area contributed by atoms with Gasteiger partial charge in [-0.25, -0.2) is 0 Å². The molecular weight excluding hydrogens is 212 g/mol. The molecule has 0 atom stereocenters. The average Bonchev–Trinajstić information content (AvgIpc) is 2.32. The molecule has 0 unspecified atom stereocenters. The van der Waals surface area contributed by atoms with Crippen molar-refractivity contribution in [3.8, 4) is 11.5 Å². The maximum Gasteiger partial charge on any atom is 0.148 e. The van der Waals surface area contributed by atoms with E-state index in [1.165, 1.54) is 0 Å². The van der Waals surface area contributed by atoms with Crippen LogP contribution in [0.25, 0.3) is 0 Å². The maximum absolute atomic E-state index is 5.87. The Labute approximate surface area is 101 Å². The number of aryl methyl sites for hydroxylation is 2. The van der Waals surface area contributed by atoms with Crippen LogP contribution in [0.15, 0.2) is 36.5 Å². The summed E-state index contributed by atoms with van der Waals surface area (Å²) in [6.45, 7) is 4.42. The molecule has 0 fully saturated rings. The van der Waals surface area contributed by atoms with Gasteiger partial charge in [-0.3, -0.25) is 4.98 Å². The molecule has 0 aliphatic carbocycles. The maximum atomic E-state index is 5.87. The quantitative estimate of drug-likeness (QED) is 0.878. The molecule has 88 valence electrons. The first-order valence-corrected chi connectivity index (χ1v) is 5.60. The molecule has 2 aromatic rings. The number of rotatable bonds is 3. The van der Waals surface area contributed by atoms with Crippen molar-refractivity contribution in [2.45, 2.75) is 20.4 Å². The highest BCUT2D eigenvalue weighted by atomic mass is 16.5. The van der Waals surface area contributed by atoms with Crippen LogP contribution in [0.2, 0.25) is 0 Å². The molecule has 1 heterocycles. The molecule has 1 aromatic carbocycles. The Kier molecular flexibility index (Phi) is 3.40. The van der Waals surface area contributed by atoms with E-state index in [0.29, 0.717) is 6.54 Å². The molecule has 2 N–H and O–H groups in total. The van der Waals surface area contributed by atoms with Crippen LogP contribution in [0.1, 0.15) is 16.8 Å². The normalized spacial score (nSPS) is 10.3. The van der Waals surface area contributed by atoms with Gasteiger partial charge >= 0.3 is 0 Å². The van der Waals surface area contributed by atoms with Crippen molar-refractivity contribution in [3.05, 3.63) is 53.3 Å². The van der Waals surface area contributed by atoms with Crippen LogP contribution in [0.3, 0.4) is 0 Å². The summed E-state index contributed by atoms with van der Waals surface area (Å²) in [5.74, 6) is 1.58. The zero-order valence-corrected chi connectivity index (χ0v) is 10.1. The topological polar surface area (TPSA) is 48.1 Å². The van der Waals surface area contributed by atoms with E-state index < -0.39 is 0 Å². The molecule has 0 spiro atoms. The van der Waals surface area contributed by atoms with Crippen molar-refractivity contribution in [3.63, 3.8) is 0 Å². The lowest BCUT2D eigenvalue weighted by Crippen LogP contribution is -2.00. The standard InChI is InChI=1S/C14H16N2O/c1-10-5-6-12(9-15)14(8-10)17-13-4-3-7-16-11(13)2/h3-8H,9,15H2,1-2H3. The summed E-state index contributed by atoms with van der Waals surface area (Å²) < 4.78 is 5.87. The van der Waals surface area contributed by atoms with Crippen LogP contribution in [-0.4, -0.2) is 4.98 Å². The van der Waals surface area contributed by atoms with Crippen molar-refractivity contribution < 1.29 is 4.74 Å². The Morgan fingerprint density at radius 1 is 1.18 bits per heavy atom. The summed E-state index contributed by atoms with van der Waals surface area (Å²) in [4.78, 5) is 4.20. The predicted molar refractivity (Wildman–Crippen MR) is 68.1 cm³/mol. The van der Waals surface area contributed by atoms with Gasteiger partial charge in [0, 0.05) is 18.3 Å². The van der Waals surface area contributed by atoms with Crippen LogP contribution in [0, 0.1) is 13.8 Å². The molecule has 0 aliphatic heterocycles. The van der Waals surface area contributed by atoms with E-state index in [4.69, 9.17) is 10.5 Å². The fraction of sp³-hybridized carbons (Fsp3) is 0.214. The second-order valence-electron chi connectivity index (χ2n) is 4.00. The van der Waals surface area contributed by atoms with Gasteiger partial charge in [0.15, 0.2) is 0 Å². The molecule has 3 nitrogen and oxygen atoms in total. The Hall–Kier alpha value is -1.87. The summed E-state index contributed by atoms with van der Waals surface area (Å²) in [5, 5.41) is 0. The summed E-state index contributed by atoms with van der Waals surface area (Å²) >= 11 is 0. The summed E-state index contributed by atoms with van der Waals surface area (Å²) in [5.41, 5.74) is 8.72. The van der Waals surface area contributed by atoms with E-state index in [1.807, 2.05) is 44.2 Å². The lowest BCUT2D eigenvalue weighted by Gasteiger charge is -2.12. The van der Waals surface area contributed by atoms with Crippen molar-refractivity contribution in [1.29, 1.82) is 0 Å². The molecule has 1 aromatic heterocycles. The smallest absolute Gasteiger partial charge is 0.148 e. The van der Waals surface area contributed by atoms with Crippen molar-refractivity contribution in [1.82, 2.24) is 4.98 Å². The first-order valence-electron chi connectivity index (χ1n) is 5.60. The Bertz CT molecular complexity index is 523. The highest BCUT2D eigenvalue weighted by Gasteiger charge is 2.06. The van der Waals surface area contributed by atoms with Gasteiger partial charge in [-0.2, -0.15) is 0 Å². The van der Waals surface area contributed by atoms with Crippen LogP contribution < -0.4 is 10.5 Å². The number of ether oxygens (including phenoxy) is 1. The fourth-order valence-corrected chi connectivity index (χ4v) is 1.62. The van der Waals surface area contributed by atoms with Gasteiger partial charge in [0.05, 0.1) is 5.69 Å². The van der Waals surface area contributed by atoms with Gasteiger partial charge in [0.1, 0.15) is 11.5 Å². The van der Waals surface area contributed by atoms with Crippen molar-refractivity contribution >= 4 is 0 Å². The third kappa shape index (κ3) is 2.63. The zero-order chi connectivity index (χ0) is 12.3. The molecule has 3 heteroatoms. The van der Waals surface area contributed by atoms with Crippen LogP contribution >= 0.6 is 0 Å². The molecule has 2 rings (SSSR count). The van der Waals surface area contributed by atoms with Gasteiger partial charge in [0.2, 0.25) is 0 Å². The Morgan fingerprint density at radius 2 is 2.00 bits per heavy atom. The Balaban J connectivity index is 2.35. The number of benzene rings is 1. The molecule has 0 saturated heterocycles. The minimum atomic E-state index is 0.467. The number of nitrogens with zero attached hydrogens (tertiary/aromatic N) is 1. The van der Waals surface area contributed by atoms with Crippen LogP contribution in [0.5, 0.6) is 11.5 Å². The predicted octanol–water partition coefficient (Wildman–Crippen LogP) is 2.95. The number of hydrogen-bond donors (Lipinski definition) is 1. The second-order valence-corrected chi connectivity index (χ2v) is 4.00. The van der Waals surface area contributed by atoms with E-state index in [0.717, 1.165) is 28.3 Å². The molecule has 17 heavy (non-hydrogen) atoms.